The van der Waals surface area contributed by atoms with Crippen LogP contribution in [-0.4, -0.2) is 15.2 Å². The average molecular weight is 252 g/mol. The van der Waals surface area contributed by atoms with Crippen LogP contribution < -0.4 is 10.5 Å². The van der Waals surface area contributed by atoms with Gasteiger partial charge in [-0.3, -0.25) is 4.98 Å². The lowest BCUT2D eigenvalue weighted by Gasteiger charge is -2.05. The molecule has 0 spiro atoms. The lowest BCUT2D eigenvalue weighted by Crippen LogP contribution is -2.01. The summed E-state index contributed by atoms with van der Waals surface area (Å²) >= 11 is 0. The molecular weight excluding hydrogens is 240 g/mol. The number of ether oxygens (including phenoxy) is 1. The minimum Gasteiger partial charge on any atom is -0.437 e. The lowest BCUT2D eigenvalue weighted by molar-refractivity contribution is 0.454. The molecule has 0 atom stereocenters. The Morgan fingerprint density at radius 2 is 2.00 bits per heavy atom. The molecule has 0 bridgehead atoms. The second-order valence-electron chi connectivity index (χ2n) is 4.03. The van der Waals surface area contributed by atoms with Crippen LogP contribution >= 0.6 is 0 Å². The molecule has 0 aliphatic rings. The zero-order valence-corrected chi connectivity index (χ0v) is 10.2. The van der Waals surface area contributed by atoms with Crippen molar-refractivity contribution in [3.05, 3.63) is 54.4 Å². The number of rotatable bonds is 3. The zero-order valence-electron chi connectivity index (χ0n) is 10.2. The highest BCUT2D eigenvalue weighted by molar-refractivity contribution is 5.79. The van der Waals surface area contributed by atoms with E-state index in [2.05, 4.69) is 15.2 Å². The van der Waals surface area contributed by atoms with E-state index in [9.17, 15) is 0 Å². The van der Waals surface area contributed by atoms with Crippen LogP contribution in [0.5, 0.6) is 11.6 Å². The molecule has 0 saturated carbocycles. The quantitative estimate of drug-likeness (QED) is 0.774. The summed E-state index contributed by atoms with van der Waals surface area (Å²) in [6, 6.07) is 13.1. The van der Waals surface area contributed by atoms with Crippen LogP contribution in [0.2, 0.25) is 0 Å². The molecule has 19 heavy (non-hydrogen) atoms. The first-order chi connectivity index (χ1) is 9.35. The van der Waals surface area contributed by atoms with Crippen molar-refractivity contribution >= 4 is 10.9 Å². The van der Waals surface area contributed by atoms with Gasteiger partial charge in [-0.05, 0) is 24.3 Å². The third-order valence-electron chi connectivity index (χ3n) is 2.70. The molecule has 2 heterocycles. The summed E-state index contributed by atoms with van der Waals surface area (Å²) in [5, 5.41) is 8.96. The van der Waals surface area contributed by atoms with Gasteiger partial charge < -0.3 is 10.5 Å². The van der Waals surface area contributed by atoms with Crippen LogP contribution in [0, 0.1) is 0 Å². The van der Waals surface area contributed by atoms with Crippen LogP contribution in [0.3, 0.4) is 0 Å². The molecule has 3 rings (SSSR count). The van der Waals surface area contributed by atoms with Gasteiger partial charge in [-0.1, -0.05) is 6.07 Å². The van der Waals surface area contributed by atoms with E-state index in [1.165, 1.54) is 0 Å². The largest absolute Gasteiger partial charge is 0.437 e. The van der Waals surface area contributed by atoms with Gasteiger partial charge in [0.2, 0.25) is 5.88 Å². The third-order valence-corrected chi connectivity index (χ3v) is 2.70. The highest BCUT2D eigenvalue weighted by Crippen LogP contribution is 2.22. The Labute approximate surface area is 110 Å². The second-order valence-corrected chi connectivity index (χ2v) is 4.03. The Bertz CT molecular complexity index is 697. The highest BCUT2D eigenvalue weighted by Gasteiger charge is 2.02. The third kappa shape index (κ3) is 2.51. The fraction of sp³-hybridized carbons (Fsp3) is 0.0714. The van der Waals surface area contributed by atoms with E-state index in [0.29, 0.717) is 18.2 Å². The maximum absolute atomic E-state index is 5.63. The molecule has 2 N–H and O–H groups in total. The summed E-state index contributed by atoms with van der Waals surface area (Å²) in [5.74, 6) is 1.12. The van der Waals surface area contributed by atoms with Gasteiger partial charge in [0.25, 0.3) is 0 Å². The standard InChI is InChI=1S/C14H12N4O/c15-9-11-4-6-14(18-17-11)19-12-5-3-10-2-1-7-16-13(10)8-12/h1-8H,9,15H2. The van der Waals surface area contributed by atoms with Crippen LogP contribution in [0.1, 0.15) is 5.69 Å². The van der Waals surface area contributed by atoms with E-state index < -0.39 is 0 Å². The fourth-order valence-corrected chi connectivity index (χ4v) is 1.74. The molecule has 1 aromatic carbocycles. The number of nitrogens with two attached hydrogens (primary N) is 1. The van der Waals surface area contributed by atoms with Crippen LogP contribution in [0.4, 0.5) is 0 Å². The Morgan fingerprint density at radius 1 is 1.05 bits per heavy atom. The molecule has 5 heteroatoms. The van der Waals surface area contributed by atoms with Gasteiger partial charge in [0.15, 0.2) is 0 Å². The lowest BCUT2D eigenvalue weighted by atomic mass is 10.2. The van der Waals surface area contributed by atoms with E-state index in [1.54, 1.807) is 18.3 Å². The van der Waals surface area contributed by atoms with Crippen molar-refractivity contribution in [1.82, 2.24) is 15.2 Å². The van der Waals surface area contributed by atoms with Gasteiger partial charge in [-0.2, -0.15) is 5.10 Å². The fourth-order valence-electron chi connectivity index (χ4n) is 1.74. The summed E-state index contributed by atoms with van der Waals surface area (Å²) in [5.41, 5.74) is 7.07. The summed E-state index contributed by atoms with van der Waals surface area (Å²) in [6.07, 6.45) is 1.75. The molecule has 5 nitrogen and oxygen atoms in total. The molecule has 0 aliphatic heterocycles. The van der Waals surface area contributed by atoms with Gasteiger partial charge in [0.1, 0.15) is 5.75 Å². The molecule has 2 aromatic heterocycles. The van der Waals surface area contributed by atoms with E-state index >= 15 is 0 Å². The number of aromatic nitrogens is 3. The Kier molecular flexibility index (Phi) is 3.04. The number of hydrogen-bond donors (Lipinski definition) is 1. The van der Waals surface area contributed by atoms with Crippen molar-refractivity contribution in [3.63, 3.8) is 0 Å². The number of fused-ring (bicyclic) bond motifs is 1. The summed E-state index contributed by atoms with van der Waals surface area (Å²) in [4.78, 5) is 4.28. The predicted octanol–water partition coefficient (Wildman–Crippen LogP) is 2.28. The molecule has 0 radical (unpaired) electrons. The highest BCUT2D eigenvalue weighted by atomic mass is 16.5. The maximum Gasteiger partial charge on any atom is 0.238 e. The molecular formula is C14H12N4O. The second kappa shape index (κ2) is 4.99. The first-order valence-electron chi connectivity index (χ1n) is 5.90. The van der Waals surface area contributed by atoms with Crippen molar-refractivity contribution in [2.75, 3.05) is 0 Å². The molecule has 0 saturated heterocycles. The van der Waals surface area contributed by atoms with Crippen molar-refractivity contribution < 1.29 is 4.74 Å². The minimum atomic E-state index is 0.368. The minimum absolute atomic E-state index is 0.368. The number of benzene rings is 1. The first-order valence-corrected chi connectivity index (χ1v) is 5.90. The molecule has 0 fully saturated rings. The van der Waals surface area contributed by atoms with Crippen LogP contribution in [0.15, 0.2) is 48.7 Å². The molecule has 3 aromatic rings. The summed E-state index contributed by atoms with van der Waals surface area (Å²) in [6.45, 7) is 0.368. The van der Waals surface area contributed by atoms with E-state index in [4.69, 9.17) is 10.5 Å². The Hall–Kier alpha value is -2.53. The van der Waals surface area contributed by atoms with Crippen molar-refractivity contribution in [2.45, 2.75) is 6.54 Å². The Morgan fingerprint density at radius 3 is 2.79 bits per heavy atom. The van der Waals surface area contributed by atoms with E-state index in [1.807, 2.05) is 30.3 Å². The number of pyridine rings is 1. The van der Waals surface area contributed by atoms with Gasteiger partial charge in [-0.15, -0.1) is 5.10 Å². The van der Waals surface area contributed by atoms with E-state index in [-0.39, 0.29) is 0 Å². The smallest absolute Gasteiger partial charge is 0.238 e. The normalized spacial score (nSPS) is 10.6. The topological polar surface area (TPSA) is 73.9 Å². The molecule has 0 unspecified atom stereocenters. The number of hydrogen-bond acceptors (Lipinski definition) is 5. The Balaban J connectivity index is 1.87. The predicted molar refractivity (Wildman–Crippen MR) is 71.7 cm³/mol. The van der Waals surface area contributed by atoms with Crippen molar-refractivity contribution in [2.24, 2.45) is 5.73 Å². The van der Waals surface area contributed by atoms with Crippen molar-refractivity contribution in [3.8, 4) is 11.6 Å². The summed E-state index contributed by atoms with van der Waals surface area (Å²) in [7, 11) is 0. The average Bonchev–Trinajstić information content (AvgIpc) is 2.48. The molecule has 0 aliphatic carbocycles. The van der Waals surface area contributed by atoms with Crippen LogP contribution in [-0.2, 0) is 6.54 Å². The van der Waals surface area contributed by atoms with E-state index in [0.717, 1.165) is 16.6 Å². The van der Waals surface area contributed by atoms with Crippen LogP contribution in [0.25, 0.3) is 10.9 Å². The summed E-state index contributed by atoms with van der Waals surface area (Å²) < 4.78 is 5.63. The molecule has 0 amide bonds. The van der Waals surface area contributed by atoms with Gasteiger partial charge in [0, 0.05) is 30.3 Å². The monoisotopic (exact) mass is 252 g/mol. The van der Waals surface area contributed by atoms with Gasteiger partial charge >= 0.3 is 0 Å². The number of nitrogens with zero attached hydrogens (tertiary/aromatic N) is 3. The van der Waals surface area contributed by atoms with Crippen molar-refractivity contribution in [1.29, 1.82) is 0 Å². The molecule has 94 valence electrons. The SMILES string of the molecule is NCc1ccc(Oc2ccc3cccnc3c2)nn1. The van der Waals surface area contributed by atoms with Gasteiger partial charge in [0.05, 0.1) is 11.2 Å². The maximum atomic E-state index is 5.63. The first kappa shape index (κ1) is 11.6. The van der Waals surface area contributed by atoms with Gasteiger partial charge in [-0.25, -0.2) is 0 Å². The zero-order chi connectivity index (χ0) is 13.1.